The highest BCUT2D eigenvalue weighted by molar-refractivity contribution is 5.48. The van der Waals surface area contributed by atoms with Gasteiger partial charge in [0.05, 0.1) is 12.1 Å². The van der Waals surface area contributed by atoms with Crippen LogP contribution in [0.25, 0.3) is 0 Å². The molecule has 3 heterocycles. The van der Waals surface area contributed by atoms with E-state index in [1.807, 2.05) is 30.6 Å². The molecule has 0 unspecified atom stereocenters. The van der Waals surface area contributed by atoms with E-state index in [0.29, 0.717) is 19.6 Å². The van der Waals surface area contributed by atoms with E-state index in [1.165, 1.54) is 12.3 Å². The molecule has 1 aliphatic rings. The summed E-state index contributed by atoms with van der Waals surface area (Å²) in [5.74, 6) is 2.00. The number of halogens is 3. The van der Waals surface area contributed by atoms with Crippen LogP contribution < -0.4 is 4.90 Å². The fraction of sp³-hybridized carbons (Fsp3) is 0.588. The standard InChI is InChI=1S/C17H23F3N6/c1-24(2)11-14-22-23-15(25(14)3)12-6-9-26(10-7-12)16-13(17(18,19)20)5-4-8-21-16/h4-5,8,12H,6-7,9-11H2,1-3H3. The van der Waals surface area contributed by atoms with Crippen molar-refractivity contribution >= 4 is 5.82 Å². The number of rotatable bonds is 4. The minimum absolute atomic E-state index is 0.0183. The lowest BCUT2D eigenvalue weighted by molar-refractivity contribution is -0.137. The van der Waals surface area contributed by atoms with E-state index in [2.05, 4.69) is 15.2 Å². The summed E-state index contributed by atoms with van der Waals surface area (Å²) < 4.78 is 41.6. The number of alkyl halides is 3. The molecule has 6 nitrogen and oxygen atoms in total. The average molecular weight is 368 g/mol. The molecule has 0 bridgehead atoms. The van der Waals surface area contributed by atoms with Crippen molar-refractivity contribution in [2.75, 3.05) is 32.1 Å². The van der Waals surface area contributed by atoms with Crippen LogP contribution in [0.2, 0.25) is 0 Å². The Balaban J connectivity index is 1.72. The fourth-order valence-electron chi connectivity index (χ4n) is 3.37. The predicted octanol–water partition coefficient (Wildman–Crippen LogP) is 2.67. The Morgan fingerprint density at radius 2 is 1.88 bits per heavy atom. The summed E-state index contributed by atoms with van der Waals surface area (Å²) in [7, 11) is 5.89. The number of hydrogen-bond donors (Lipinski definition) is 0. The molecule has 9 heteroatoms. The molecule has 0 atom stereocenters. The van der Waals surface area contributed by atoms with Crippen molar-refractivity contribution in [1.29, 1.82) is 0 Å². The summed E-state index contributed by atoms with van der Waals surface area (Å²) >= 11 is 0. The quantitative estimate of drug-likeness (QED) is 0.831. The number of aromatic nitrogens is 4. The molecule has 1 saturated heterocycles. The predicted molar refractivity (Wildman–Crippen MR) is 91.8 cm³/mol. The highest BCUT2D eigenvalue weighted by atomic mass is 19.4. The second-order valence-corrected chi connectivity index (χ2v) is 6.90. The molecule has 26 heavy (non-hydrogen) atoms. The van der Waals surface area contributed by atoms with Gasteiger partial charge in [-0.3, -0.25) is 0 Å². The molecule has 0 saturated carbocycles. The molecular formula is C17H23F3N6. The molecule has 0 aliphatic carbocycles. The van der Waals surface area contributed by atoms with Crippen molar-refractivity contribution < 1.29 is 13.2 Å². The first-order chi connectivity index (χ1) is 12.3. The third-order valence-electron chi connectivity index (χ3n) is 4.71. The minimum Gasteiger partial charge on any atom is -0.356 e. The monoisotopic (exact) mass is 368 g/mol. The number of anilines is 1. The van der Waals surface area contributed by atoms with Crippen LogP contribution in [0.5, 0.6) is 0 Å². The highest BCUT2D eigenvalue weighted by Gasteiger charge is 2.36. The van der Waals surface area contributed by atoms with Gasteiger partial charge in [-0.2, -0.15) is 13.2 Å². The maximum atomic E-state index is 13.2. The first-order valence-corrected chi connectivity index (χ1v) is 8.57. The van der Waals surface area contributed by atoms with Gasteiger partial charge in [-0.25, -0.2) is 4.98 Å². The molecule has 142 valence electrons. The Morgan fingerprint density at radius 3 is 2.50 bits per heavy atom. The summed E-state index contributed by atoms with van der Waals surface area (Å²) in [6.45, 7) is 1.73. The zero-order valence-corrected chi connectivity index (χ0v) is 15.2. The van der Waals surface area contributed by atoms with Crippen molar-refractivity contribution in [3.63, 3.8) is 0 Å². The van der Waals surface area contributed by atoms with E-state index in [0.717, 1.165) is 30.6 Å². The van der Waals surface area contributed by atoms with Crippen LogP contribution in [0, 0.1) is 0 Å². The van der Waals surface area contributed by atoms with Gasteiger partial charge in [-0.15, -0.1) is 10.2 Å². The topological polar surface area (TPSA) is 50.1 Å². The van der Waals surface area contributed by atoms with Gasteiger partial charge in [0.25, 0.3) is 0 Å². The van der Waals surface area contributed by atoms with Gasteiger partial charge in [0, 0.05) is 32.3 Å². The number of pyridine rings is 1. The maximum Gasteiger partial charge on any atom is 0.419 e. The van der Waals surface area contributed by atoms with Crippen LogP contribution in [0.1, 0.15) is 36.0 Å². The van der Waals surface area contributed by atoms with Crippen molar-refractivity contribution in [2.24, 2.45) is 7.05 Å². The van der Waals surface area contributed by atoms with Gasteiger partial charge in [-0.1, -0.05) is 0 Å². The Bertz CT molecular complexity index is 747. The molecule has 0 radical (unpaired) electrons. The van der Waals surface area contributed by atoms with Gasteiger partial charge < -0.3 is 14.4 Å². The number of hydrogen-bond acceptors (Lipinski definition) is 5. The van der Waals surface area contributed by atoms with E-state index in [9.17, 15) is 13.2 Å². The fourth-order valence-corrected chi connectivity index (χ4v) is 3.37. The summed E-state index contributed by atoms with van der Waals surface area (Å²) in [4.78, 5) is 7.73. The second kappa shape index (κ2) is 7.22. The molecule has 2 aromatic rings. The number of piperidine rings is 1. The van der Waals surface area contributed by atoms with Crippen LogP contribution in [-0.4, -0.2) is 51.8 Å². The van der Waals surface area contributed by atoms with Crippen LogP contribution in [0.4, 0.5) is 19.0 Å². The molecule has 0 N–H and O–H groups in total. The third kappa shape index (κ3) is 3.82. The molecule has 0 aromatic carbocycles. The van der Waals surface area contributed by atoms with Crippen LogP contribution in [0.3, 0.4) is 0 Å². The number of nitrogens with zero attached hydrogens (tertiary/aromatic N) is 6. The molecule has 1 aliphatic heterocycles. The first kappa shape index (κ1) is 18.6. The van der Waals surface area contributed by atoms with Crippen molar-refractivity contribution in [3.05, 3.63) is 35.5 Å². The second-order valence-electron chi connectivity index (χ2n) is 6.90. The minimum atomic E-state index is -4.40. The summed E-state index contributed by atoms with van der Waals surface area (Å²) in [6.07, 6.45) is -1.54. The smallest absolute Gasteiger partial charge is 0.356 e. The van der Waals surface area contributed by atoms with Crippen LogP contribution in [0.15, 0.2) is 18.3 Å². The van der Waals surface area contributed by atoms with Gasteiger partial charge in [0.15, 0.2) is 0 Å². The van der Waals surface area contributed by atoms with E-state index >= 15 is 0 Å². The molecule has 3 rings (SSSR count). The van der Waals surface area contributed by atoms with E-state index < -0.39 is 11.7 Å². The Labute approximate surface area is 150 Å². The largest absolute Gasteiger partial charge is 0.419 e. The molecule has 0 amide bonds. The van der Waals surface area contributed by atoms with E-state index in [-0.39, 0.29) is 11.7 Å². The van der Waals surface area contributed by atoms with Gasteiger partial charge in [0.1, 0.15) is 17.5 Å². The molecule has 2 aromatic heterocycles. The lowest BCUT2D eigenvalue weighted by Gasteiger charge is -2.33. The third-order valence-corrected chi connectivity index (χ3v) is 4.71. The Kier molecular flexibility index (Phi) is 5.17. The van der Waals surface area contributed by atoms with Crippen molar-refractivity contribution in [2.45, 2.75) is 31.5 Å². The first-order valence-electron chi connectivity index (χ1n) is 8.57. The van der Waals surface area contributed by atoms with Crippen LogP contribution >= 0.6 is 0 Å². The summed E-state index contributed by atoms with van der Waals surface area (Å²) in [6, 6.07) is 2.41. The maximum absolute atomic E-state index is 13.2. The zero-order valence-electron chi connectivity index (χ0n) is 15.2. The van der Waals surface area contributed by atoms with Gasteiger partial charge in [0.2, 0.25) is 0 Å². The molecule has 0 spiro atoms. The highest BCUT2D eigenvalue weighted by Crippen LogP contribution is 2.37. The lowest BCUT2D eigenvalue weighted by Crippen LogP contribution is -2.35. The lowest BCUT2D eigenvalue weighted by atomic mass is 9.95. The molecular weight excluding hydrogens is 345 g/mol. The summed E-state index contributed by atoms with van der Waals surface area (Å²) in [5.41, 5.74) is -0.676. The zero-order chi connectivity index (χ0) is 18.9. The van der Waals surface area contributed by atoms with Crippen molar-refractivity contribution in [3.8, 4) is 0 Å². The summed E-state index contributed by atoms with van der Waals surface area (Å²) in [5, 5.41) is 8.57. The van der Waals surface area contributed by atoms with Crippen molar-refractivity contribution in [1.82, 2.24) is 24.6 Å². The Hall–Kier alpha value is -2.16. The average Bonchev–Trinajstić information content (AvgIpc) is 2.94. The normalized spacial score (nSPS) is 16.5. The Morgan fingerprint density at radius 1 is 1.19 bits per heavy atom. The van der Waals surface area contributed by atoms with Gasteiger partial charge in [-0.05, 0) is 39.1 Å². The molecule has 1 fully saturated rings. The van der Waals surface area contributed by atoms with E-state index in [1.54, 1.807) is 4.90 Å². The van der Waals surface area contributed by atoms with Crippen LogP contribution in [-0.2, 0) is 19.8 Å². The SMILES string of the molecule is CN(C)Cc1nnc(C2CCN(c3ncccc3C(F)(F)F)CC2)n1C. The van der Waals surface area contributed by atoms with E-state index in [4.69, 9.17) is 0 Å². The van der Waals surface area contributed by atoms with Gasteiger partial charge >= 0.3 is 6.18 Å².